The van der Waals surface area contributed by atoms with Gasteiger partial charge in [-0.25, -0.2) is 9.13 Å². The Kier molecular flexibility index (Phi) is 77.9. The predicted molar refractivity (Wildman–Crippen MR) is 442 cm³/mol. The maximum Gasteiger partial charge on any atom is 0.472 e. The number of aliphatic hydroxyl groups excluding tert-OH is 1. The van der Waals surface area contributed by atoms with Crippen molar-refractivity contribution in [3.8, 4) is 0 Å². The van der Waals surface area contributed by atoms with E-state index in [9.17, 15) is 43.2 Å². The maximum absolute atomic E-state index is 13.2. The molecule has 3 unspecified atom stereocenters. The average molecular weight is 1560 g/mol. The fourth-order valence-electron chi connectivity index (χ4n) is 13.7. The normalized spacial score (nSPS) is 14.0. The molecule has 3 N–H and O–H groups in total. The molecule has 636 valence electrons. The van der Waals surface area contributed by atoms with Gasteiger partial charge < -0.3 is 33.8 Å². The highest BCUT2D eigenvalue weighted by Gasteiger charge is 2.31. The summed E-state index contributed by atoms with van der Waals surface area (Å²) in [5, 5.41) is 10.7. The standard InChI is InChI=1S/C88H172O17P2/c1-7-10-12-14-16-18-20-22-24-26-28-30-34-39-43-47-55-61-67-72-87(92)104-83(76-98-85(90)70-64-58-52-45-41-37-35-31-32-36-40-44-50-56-62-68-80(4)5)78-102-106(94,95)100-74-82(89)75-101-107(96,97)103-79-84(77-99-86(91)71-65-59-53-49-48-51-57-63-69-81(6)9-3)105-88(93)73-66-60-54-46-42-38-33-29-27-25-23-21-19-17-15-13-11-8-2/h80-84,89H,7-79H2,1-6H3,(H,94,95)(H,96,97)/t81?,82-,83-,84-/m1/s1. The molecule has 0 heterocycles. The third-order valence-corrected chi connectivity index (χ3v) is 23.0. The van der Waals surface area contributed by atoms with Gasteiger partial charge in [-0.15, -0.1) is 0 Å². The molecule has 0 aliphatic heterocycles. The third kappa shape index (κ3) is 80.5. The number of carbonyl (C=O) groups excluding carboxylic acids is 4. The van der Waals surface area contributed by atoms with Crippen molar-refractivity contribution in [3.05, 3.63) is 0 Å². The Bertz CT molecular complexity index is 2050. The van der Waals surface area contributed by atoms with Crippen molar-refractivity contribution in [1.82, 2.24) is 0 Å². The second kappa shape index (κ2) is 79.3. The van der Waals surface area contributed by atoms with E-state index in [1.165, 1.54) is 289 Å². The zero-order valence-electron chi connectivity index (χ0n) is 70.5. The van der Waals surface area contributed by atoms with Crippen molar-refractivity contribution < 1.29 is 80.2 Å². The molecule has 17 nitrogen and oxygen atoms in total. The molecule has 107 heavy (non-hydrogen) atoms. The van der Waals surface area contributed by atoms with Gasteiger partial charge in [-0.2, -0.15) is 0 Å². The van der Waals surface area contributed by atoms with E-state index in [0.717, 1.165) is 102 Å². The van der Waals surface area contributed by atoms with Gasteiger partial charge in [-0.05, 0) is 37.5 Å². The van der Waals surface area contributed by atoms with Crippen LogP contribution < -0.4 is 0 Å². The predicted octanol–water partition coefficient (Wildman–Crippen LogP) is 27.0. The number of aliphatic hydroxyl groups is 1. The molecule has 0 spiro atoms. The van der Waals surface area contributed by atoms with Crippen LogP contribution in [0.3, 0.4) is 0 Å². The highest BCUT2D eigenvalue weighted by Crippen LogP contribution is 2.45. The van der Waals surface area contributed by atoms with Gasteiger partial charge >= 0.3 is 39.5 Å². The van der Waals surface area contributed by atoms with Gasteiger partial charge in [-0.1, -0.05) is 420 Å². The molecule has 0 bridgehead atoms. The monoisotopic (exact) mass is 1560 g/mol. The second-order valence-electron chi connectivity index (χ2n) is 32.4. The molecule has 0 saturated carbocycles. The fourth-order valence-corrected chi connectivity index (χ4v) is 15.3. The van der Waals surface area contributed by atoms with Crippen LogP contribution in [0, 0.1) is 11.8 Å². The van der Waals surface area contributed by atoms with Crippen LogP contribution in [0.15, 0.2) is 0 Å². The zero-order chi connectivity index (χ0) is 78.5. The minimum Gasteiger partial charge on any atom is -0.462 e. The molecular formula is C88H172O17P2. The van der Waals surface area contributed by atoms with E-state index >= 15 is 0 Å². The first kappa shape index (κ1) is 105. The van der Waals surface area contributed by atoms with E-state index in [2.05, 4.69) is 41.5 Å². The highest BCUT2D eigenvalue weighted by atomic mass is 31.2. The quantitative estimate of drug-likeness (QED) is 0.0222. The Morgan fingerprint density at radius 1 is 0.271 bits per heavy atom. The van der Waals surface area contributed by atoms with Crippen molar-refractivity contribution in [2.75, 3.05) is 39.6 Å². The number of esters is 4. The number of hydrogen-bond donors (Lipinski definition) is 3. The molecule has 0 rings (SSSR count). The topological polar surface area (TPSA) is 237 Å². The summed E-state index contributed by atoms with van der Waals surface area (Å²) in [5.41, 5.74) is 0. The van der Waals surface area contributed by atoms with E-state index < -0.39 is 97.5 Å². The summed E-state index contributed by atoms with van der Waals surface area (Å²) in [6.07, 6.45) is 72.1. The molecule has 19 heteroatoms. The van der Waals surface area contributed by atoms with E-state index in [0.29, 0.717) is 25.7 Å². The van der Waals surface area contributed by atoms with Gasteiger partial charge in [0, 0.05) is 25.7 Å². The average Bonchev–Trinajstić information content (AvgIpc) is 0.884. The minimum atomic E-state index is -4.97. The van der Waals surface area contributed by atoms with Crippen molar-refractivity contribution in [1.29, 1.82) is 0 Å². The SMILES string of the molecule is CCCCCCCCCCCCCCCCCCCCCC(=O)O[C@H](COC(=O)CCCCCCCCCCCCCCCCCC(C)C)COP(=O)(O)OC[C@@H](O)COP(=O)(O)OC[C@@H](COC(=O)CCCCCCCCCCC(C)CC)OC(=O)CCCCCCCCCCCCCCCCCCCC. The van der Waals surface area contributed by atoms with Crippen LogP contribution in [0.1, 0.15) is 472 Å². The molecule has 0 aromatic carbocycles. The van der Waals surface area contributed by atoms with Crippen molar-refractivity contribution >= 4 is 39.5 Å². The molecular weight excluding hydrogens is 1390 g/mol. The fraction of sp³-hybridized carbons (Fsp3) is 0.955. The largest absolute Gasteiger partial charge is 0.472 e. The Morgan fingerprint density at radius 2 is 0.477 bits per heavy atom. The van der Waals surface area contributed by atoms with E-state index in [1.807, 2.05) is 0 Å². The van der Waals surface area contributed by atoms with Gasteiger partial charge in [0.15, 0.2) is 12.2 Å². The van der Waals surface area contributed by atoms with Crippen molar-refractivity contribution in [3.63, 3.8) is 0 Å². The van der Waals surface area contributed by atoms with Gasteiger partial charge in [0.25, 0.3) is 0 Å². The summed E-state index contributed by atoms with van der Waals surface area (Å²) < 4.78 is 69.0. The molecule has 0 amide bonds. The lowest BCUT2D eigenvalue weighted by Crippen LogP contribution is -2.30. The summed E-state index contributed by atoms with van der Waals surface area (Å²) in [7, 11) is -9.93. The Hall–Kier alpha value is -1.94. The van der Waals surface area contributed by atoms with E-state index in [4.69, 9.17) is 37.0 Å². The Balaban J connectivity index is 5.26. The maximum atomic E-state index is 13.2. The van der Waals surface area contributed by atoms with Crippen LogP contribution in [-0.2, 0) is 65.4 Å². The van der Waals surface area contributed by atoms with Gasteiger partial charge in [0.2, 0.25) is 0 Å². The minimum absolute atomic E-state index is 0.108. The molecule has 0 aliphatic carbocycles. The first-order valence-electron chi connectivity index (χ1n) is 45.5. The molecule has 0 saturated heterocycles. The van der Waals surface area contributed by atoms with E-state index in [-0.39, 0.29) is 25.7 Å². The highest BCUT2D eigenvalue weighted by molar-refractivity contribution is 7.47. The number of ether oxygens (including phenoxy) is 4. The summed E-state index contributed by atoms with van der Waals surface area (Å²) in [5.74, 6) is -0.515. The molecule has 0 aliphatic rings. The Labute approximate surface area is 658 Å². The zero-order valence-corrected chi connectivity index (χ0v) is 72.2. The molecule has 0 aromatic heterocycles. The molecule has 6 atom stereocenters. The smallest absolute Gasteiger partial charge is 0.462 e. The van der Waals surface area contributed by atoms with E-state index in [1.54, 1.807) is 0 Å². The second-order valence-corrected chi connectivity index (χ2v) is 35.3. The van der Waals surface area contributed by atoms with Crippen LogP contribution in [-0.4, -0.2) is 96.7 Å². The van der Waals surface area contributed by atoms with Crippen LogP contribution in [0.5, 0.6) is 0 Å². The summed E-state index contributed by atoms with van der Waals surface area (Å²) >= 11 is 0. The lowest BCUT2D eigenvalue weighted by atomic mass is 9.99. The first-order valence-corrected chi connectivity index (χ1v) is 48.5. The third-order valence-electron chi connectivity index (χ3n) is 21.1. The van der Waals surface area contributed by atoms with Crippen molar-refractivity contribution in [2.45, 2.75) is 490 Å². The van der Waals surface area contributed by atoms with Crippen LogP contribution in [0.2, 0.25) is 0 Å². The van der Waals surface area contributed by atoms with Crippen LogP contribution in [0.4, 0.5) is 0 Å². The molecule has 0 radical (unpaired) electrons. The lowest BCUT2D eigenvalue weighted by Gasteiger charge is -2.21. The number of carbonyl (C=O) groups is 4. The number of rotatable bonds is 87. The summed E-state index contributed by atoms with van der Waals surface area (Å²) in [6.45, 7) is 9.72. The van der Waals surface area contributed by atoms with Gasteiger partial charge in [0.1, 0.15) is 19.3 Å². The molecule has 0 fully saturated rings. The Morgan fingerprint density at radius 3 is 0.710 bits per heavy atom. The number of phosphoric ester groups is 2. The number of hydrogen-bond acceptors (Lipinski definition) is 15. The van der Waals surface area contributed by atoms with Gasteiger partial charge in [0.05, 0.1) is 26.4 Å². The van der Waals surface area contributed by atoms with Gasteiger partial charge in [-0.3, -0.25) is 37.3 Å². The summed E-state index contributed by atoms with van der Waals surface area (Å²) in [6, 6.07) is 0. The molecule has 0 aromatic rings. The number of phosphoric acid groups is 2. The van der Waals surface area contributed by atoms with Crippen LogP contribution in [0.25, 0.3) is 0 Å². The van der Waals surface area contributed by atoms with Crippen LogP contribution >= 0.6 is 15.6 Å². The van der Waals surface area contributed by atoms with Crippen molar-refractivity contribution in [2.24, 2.45) is 11.8 Å². The lowest BCUT2D eigenvalue weighted by molar-refractivity contribution is -0.161. The number of unbranched alkanes of at least 4 members (excludes halogenated alkanes) is 56. The first-order chi connectivity index (χ1) is 51.9. The summed E-state index contributed by atoms with van der Waals surface area (Å²) in [4.78, 5) is 73.3.